The summed E-state index contributed by atoms with van der Waals surface area (Å²) in [6.45, 7) is 6.47. The summed E-state index contributed by atoms with van der Waals surface area (Å²) in [6, 6.07) is 0. The van der Waals surface area contributed by atoms with Crippen LogP contribution in [0.1, 0.15) is 25.7 Å². The molecule has 15 heavy (non-hydrogen) atoms. The predicted octanol–water partition coefficient (Wildman–Crippen LogP) is 1.08. The van der Waals surface area contributed by atoms with Crippen molar-refractivity contribution in [2.45, 2.75) is 25.7 Å². The van der Waals surface area contributed by atoms with E-state index < -0.39 is 0 Å². The summed E-state index contributed by atoms with van der Waals surface area (Å²) in [4.78, 5) is 2.63. The molecule has 2 heterocycles. The minimum Gasteiger partial charge on any atom is -0.381 e. The molecule has 2 saturated heterocycles. The maximum Gasteiger partial charge on any atom is 0.0509 e. The predicted molar refractivity (Wildman–Crippen MR) is 61.8 cm³/mol. The van der Waals surface area contributed by atoms with Gasteiger partial charge < -0.3 is 15.4 Å². The number of hydrogen-bond donors (Lipinski definition) is 1. The van der Waals surface area contributed by atoms with Crippen LogP contribution in [0.5, 0.6) is 0 Å². The molecule has 0 aromatic heterocycles. The van der Waals surface area contributed by atoms with Crippen molar-refractivity contribution >= 4 is 0 Å². The minimum absolute atomic E-state index is 0.598. The van der Waals surface area contributed by atoms with Gasteiger partial charge in [-0.1, -0.05) is 6.42 Å². The Labute approximate surface area is 93.0 Å². The van der Waals surface area contributed by atoms with Crippen LogP contribution in [-0.4, -0.2) is 44.3 Å². The van der Waals surface area contributed by atoms with Gasteiger partial charge in [-0.05, 0) is 50.7 Å². The summed E-state index contributed by atoms with van der Waals surface area (Å²) >= 11 is 0. The van der Waals surface area contributed by atoms with Crippen molar-refractivity contribution in [2.24, 2.45) is 17.6 Å². The van der Waals surface area contributed by atoms with Crippen LogP contribution < -0.4 is 5.73 Å². The summed E-state index contributed by atoms with van der Waals surface area (Å²) in [5.74, 6) is 1.38. The van der Waals surface area contributed by atoms with Gasteiger partial charge in [0.25, 0.3) is 0 Å². The lowest BCUT2D eigenvalue weighted by atomic mass is 9.87. The van der Waals surface area contributed by atoms with Crippen molar-refractivity contribution in [3.63, 3.8) is 0 Å². The normalized spacial score (nSPS) is 34.2. The van der Waals surface area contributed by atoms with Crippen molar-refractivity contribution < 1.29 is 4.74 Å². The second-order valence-electron chi connectivity index (χ2n) is 4.98. The van der Waals surface area contributed by atoms with Crippen molar-refractivity contribution in [1.29, 1.82) is 0 Å². The van der Waals surface area contributed by atoms with Crippen molar-refractivity contribution in [3.05, 3.63) is 0 Å². The largest absolute Gasteiger partial charge is 0.381 e. The Bertz CT molecular complexity index is 180. The lowest BCUT2D eigenvalue weighted by molar-refractivity contribution is 0.00570. The number of nitrogens with zero attached hydrogens (tertiary/aromatic N) is 1. The van der Waals surface area contributed by atoms with Crippen LogP contribution in [0.15, 0.2) is 0 Å². The average molecular weight is 212 g/mol. The third-order valence-electron chi connectivity index (χ3n) is 3.88. The highest BCUT2D eigenvalue weighted by Crippen LogP contribution is 2.23. The van der Waals surface area contributed by atoms with Gasteiger partial charge in [-0.3, -0.25) is 0 Å². The number of rotatable bonds is 3. The van der Waals surface area contributed by atoms with Gasteiger partial charge in [0.05, 0.1) is 6.61 Å². The molecule has 2 unspecified atom stereocenters. The molecule has 2 aliphatic rings. The SMILES string of the molecule is NCC1COCCC1CN1CCCCC1. The Kier molecular flexibility index (Phi) is 4.42. The molecule has 2 N–H and O–H groups in total. The minimum atomic E-state index is 0.598. The average Bonchev–Trinajstić information content (AvgIpc) is 2.31. The van der Waals surface area contributed by atoms with Gasteiger partial charge in [0.15, 0.2) is 0 Å². The van der Waals surface area contributed by atoms with E-state index in [1.165, 1.54) is 45.3 Å². The molecule has 2 atom stereocenters. The van der Waals surface area contributed by atoms with Gasteiger partial charge in [-0.15, -0.1) is 0 Å². The Morgan fingerprint density at radius 1 is 1.13 bits per heavy atom. The lowest BCUT2D eigenvalue weighted by Gasteiger charge is -2.36. The van der Waals surface area contributed by atoms with Gasteiger partial charge in [-0.25, -0.2) is 0 Å². The monoisotopic (exact) mass is 212 g/mol. The zero-order chi connectivity index (χ0) is 10.5. The second kappa shape index (κ2) is 5.83. The number of hydrogen-bond acceptors (Lipinski definition) is 3. The van der Waals surface area contributed by atoms with E-state index in [9.17, 15) is 0 Å². The van der Waals surface area contributed by atoms with Gasteiger partial charge in [0.2, 0.25) is 0 Å². The molecular weight excluding hydrogens is 188 g/mol. The van der Waals surface area contributed by atoms with Gasteiger partial charge >= 0.3 is 0 Å². The van der Waals surface area contributed by atoms with E-state index in [1.807, 2.05) is 0 Å². The smallest absolute Gasteiger partial charge is 0.0509 e. The highest BCUT2D eigenvalue weighted by atomic mass is 16.5. The molecule has 0 aliphatic carbocycles. The van der Waals surface area contributed by atoms with Crippen molar-refractivity contribution in [2.75, 3.05) is 39.4 Å². The Hall–Kier alpha value is -0.120. The summed E-state index contributed by atoms with van der Waals surface area (Å²) in [5.41, 5.74) is 5.80. The third-order valence-corrected chi connectivity index (χ3v) is 3.88. The van der Waals surface area contributed by atoms with E-state index in [4.69, 9.17) is 10.5 Å². The number of nitrogens with two attached hydrogens (primary N) is 1. The molecule has 2 aliphatic heterocycles. The molecule has 0 radical (unpaired) electrons. The first-order valence-corrected chi connectivity index (χ1v) is 6.40. The van der Waals surface area contributed by atoms with Crippen molar-refractivity contribution in [3.8, 4) is 0 Å². The maximum atomic E-state index is 5.80. The van der Waals surface area contributed by atoms with Gasteiger partial charge in [0.1, 0.15) is 0 Å². The molecule has 0 aromatic rings. The molecule has 88 valence electrons. The van der Waals surface area contributed by atoms with E-state index in [0.29, 0.717) is 5.92 Å². The van der Waals surface area contributed by atoms with E-state index in [-0.39, 0.29) is 0 Å². The van der Waals surface area contributed by atoms with Crippen LogP contribution in [0, 0.1) is 11.8 Å². The second-order valence-corrected chi connectivity index (χ2v) is 4.98. The maximum absolute atomic E-state index is 5.80. The van der Waals surface area contributed by atoms with Gasteiger partial charge in [-0.2, -0.15) is 0 Å². The van der Waals surface area contributed by atoms with Crippen LogP contribution in [-0.2, 0) is 4.74 Å². The molecule has 0 bridgehead atoms. The van der Waals surface area contributed by atoms with Gasteiger partial charge in [0, 0.05) is 13.2 Å². The summed E-state index contributed by atoms with van der Waals surface area (Å²) in [7, 11) is 0. The zero-order valence-electron chi connectivity index (χ0n) is 9.66. The lowest BCUT2D eigenvalue weighted by Crippen LogP contribution is -2.42. The first kappa shape index (κ1) is 11.4. The summed E-state index contributed by atoms with van der Waals surface area (Å²) in [6.07, 6.45) is 5.40. The molecule has 2 fully saturated rings. The summed E-state index contributed by atoms with van der Waals surface area (Å²) < 4.78 is 5.49. The quantitative estimate of drug-likeness (QED) is 0.761. The Morgan fingerprint density at radius 3 is 2.67 bits per heavy atom. The molecule has 0 spiro atoms. The fraction of sp³-hybridized carbons (Fsp3) is 1.00. The first-order chi connectivity index (χ1) is 7.40. The fourth-order valence-corrected chi connectivity index (χ4v) is 2.82. The molecule has 3 nitrogen and oxygen atoms in total. The van der Waals surface area contributed by atoms with E-state index >= 15 is 0 Å². The van der Waals surface area contributed by atoms with E-state index in [2.05, 4.69) is 4.90 Å². The molecular formula is C12H24N2O. The van der Waals surface area contributed by atoms with Crippen LogP contribution in [0.4, 0.5) is 0 Å². The number of piperidine rings is 1. The molecule has 2 rings (SSSR count). The number of ether oxygens (including phenoxy) is 1. The van der Waals surface area contributed by atoms with Crippen LogP contribution >= 0.6 is 0 Å². The number of likely N-dealkylation sites (tertiary alicyclic amines) is 1. The van der Waals surface area contributed by atoms with E-state index in [0.717, 1.165) is 25.7 Å². The zero-order valence-corrected chi connectivity index (χ0v) is 9.66. The highest BCUT2D eigenvalue weighted by molar-refractivity contribution is 4.78. The standard InChI is InChI=1S/C12H24N2O/c13-8-12-10-15-7-4-11(12)9-14-5-2-1-3-6-14/h11-12H,1-10,13H2. The van der Waals surface area contributed by atoms with Crippen LogP contribution in [0.25, 0.3) is 0 Å². The van der Waals surface area contributed by atoms with Crippen molar-refractivity contribution in [1.82, 2.24) is 4.90 Å². The van der Waals surface area contributed by atoms with Crippen LogP contribution in [0.3, 0.4) is 0 Å². The third kappa shape index (κ3) is 3.16. The molecule has 0 aromatic carbocycles. The first-order valence-electron chi connectivity index (χ1n) is 6.40. The summed E-state index contributed by atoms with van der Waals surface area (Å²) in [5, 5.41) is 0. The Morgan fingerprint density at radius 2 is 1.93 bits per heavy atom. The fourth-order valence-electron chi connectivity index (χ4n) is 2.82. The molecule has 0 amide bonds. The molecule has 3 heteroatoms. The van der Waals surface area contributed by atoms with E-state index in [1.54, 1.807) is 0 Å². The topological polar surface area (TPSA) is 38.5 Å². The molecule has 0 saturated carbocycles. The highest BCUT2D eigenvalue weighted by Gasteiger charge is 2.26. The van der Waals surface area contributed by atoms with Crippen LogP contribution in [0.2, 0.25) is 0 Å². The Balaban J connectivity index is 1.79.